The number of rotatable bonds is 8. The first-order valence-corrected chi connectivity index (χ1v) is 10.1. The van der Waals surface area contributed by atoms with Crippen molar-refractivity contribution in [3.63, 3.8) is 0 Å². The maximum absolute atomic E-state index is 12.2. The van der Waals surface area contributed by atoms with E-state index in [1.54, 1.807) is 36.4 Å². The average molecular weight is 452 g/mol. The third-order valence-corrected chi connectivity index (χ3v) is 4.61. The van der Waals surface area contributed by atoms with E-state index in [1.165, 1.54) is 20.2 Å². The van der Waals surface area contributed by atoms with E-state index in [0.717, 1.165) is 5.56 Å². The molecule has 2 amide bonds. The largest absolute Gasteiger partial charge is 0.493 e. The van der Waals surface area contributed by atoms with Crippen molar-refractivity contribution >= 4 is 35.3 Å². The molecule has 7 nitrogen and oxygen atoms in total. The molecule has 0 atom stereocenters. The van der Waals surface area contributed by atoms with Gasteiger partial charge in [-0.2, -0.15) is 5.10 Å². The number of ether oxygens (including phenoxy) is 2. The number of halogens is 1. The van der Waals surface area contributed by atoms with Crippen LogP contribution in [0.5, 0.6) is 11.5 Å². The fourth-order valence-electron chi connectivity index (χ4n) is 2.82. The predicted octanol–water partition coefficient (Wildman–Crippen LogP) is 4.65. The lowest BCUT2D eigenvalue weighted by atomic mass is 10.2. The molecule has 3 aromatic carbocycles. The van der Waals surface area contributed by atoms with Crippen molar-refractivity contribution in [1.82, 2.24) is 5.43 Å². The summed E-state index contributed by atoms with van der Waals surface area (Å²) < 4.78 is 11.2. The number of hydrazone groups is 1. The molecule has 0 radical (unpaired) electrons. The first-order valence-electron chi connectivity index (χ1n) is 9.71. The summed E-state index contributed by atoms with van der Waals surface area (Å²) in [7, 11) is 1.52. The van der Waals surface area contributed by atoms with E-state index in [-0.39, 0.29) is 5.91 Å². The molecule has 0 unspecified atom stereocenters. The maximum atomic E-state index is 12.2. The lowest BCUT2D eigenvalue weighted by molar-refractivity contribution is -0.114. The number of hydrogen-bond donors (Lipinski definition) is 2. The Labute approximate surface area is 191 Å². The Hall–Kier alpha value is -3.84. The summed E-state index contributed by atoms with van der Waals surface area (Å²) in [6.07, 6.45) is 1.46. The number of nitrogens with one attached hydrogen (secondary N) is 2. The third-order valence-electron chi connectivity index (χ3n) is 4.32. The van der Waals surface area contributed by atoms with E-state index in [1.807, 2.05) is 30.3 Å². The van der Waals surface area contributed by atoms with Gasteiger partial charge < -0.3 is 14.8 Å². The van der Waals surface area contributed by atoms with Crippen LogP contribution in [0.4, 0.5) is 5.69 Å². The minimum Gasteiger partial charge on any atom is -0.493 e. The van der Waals surface area contributed by atoms with Crippen molar-refractivity contribution < 1.29 is 19.1 Å². The van der Waals surface area contributed by atoms with Crippen LogP contribution < -0.4 is 20.2 Å². The zero-order valence-electron chi connectivity index (χ0n) is 17.6. The van der Waals surface area contributed by atoms with E-state index in [9.17, 15) is 9.59 Å². The van der Waals surface area contributed by atoms with Crippen LogP contribution in [0, 0.1) is 0 Å². The summed E-state index contributed by atoms with van der Waals surface area (Å²) in [5.74, 6) is 0.308. The molecule has 0 aromatic heterocycles. The van der Waals surface area contributed by atoms with Crippen molar-refractivity contribution in [2.24, 2.45) is 5.10 Å². The third kappa shape index (κ3) is 6.33. The number of nitrogens with zero attached hydrogens (tertiary/aromatic N) is 1. The molecular formula is C24H22ClN3O4. The Morgan fingerprint density at radius 2 is 1.78 bits per heavy atom. The zero-order valence-corrected chi connectivity index (χ0v) is 18.3. The highest BCUT2D eigenvalue weighted by Crippen LogP contribution is 2.36. The summed E-state index contributed by atoms with van der Waals surface area (Å²) in [4.78, 5) is 23.3. The maximum Gasteiger partial charge on any atom is 0.271 e. The van der Waals surface area contributed by atoms with E-state index < -0.39 is 5.91 Å². The van der Waals surface area contributed by atoms with Crippen molar-refractivity contribution in [2.45, 2.75) is 13.5 Å². The minimum absolute atomic E-state index is 0.183. The van der Waals surface area contributed by atoms with Crippen molar-refractivity contribution in [2.75, 3.05) is 12.4 Å². The van der Waals surface area contributed by atoms with E-state index in [0.29, 0.717) is 39.9 Å². The van der Waals surface area contributed by atoms with Crippen molar-refractivity contribution in [3.05, 3.63) is 88.4 Å². The standard InChI is InChI=1S/C24H22ClN3O4/c1-16(29)27-20-10-8-19(9-11-20)24(30)28-26-14-18-12-21(25)23(22(13-18)31-2)32-15-17-6-4-3-5-7-17/h3-14H,15H2,1-2H3,(H,27,29)(H,28,30)/b26-14-. The normalized spacial score (nSPS) is 10.6. The summed E-state index contributed by atoms with van der Waals surface area (Å²) in [6.45, 7) is 1.76. The van der Waals surface area contributed by atoms with Gasteiger partial charge in [0.05, 0.1) is 18.3 Å². The highest BCUT2D eigenvalue weighted by molar-refractivity contribution is 6.32. The van der Waals surface area contributed by atoms with Crippen LogP contribution in [-0.4, -0.2) is 25.1 Å². The molecule has 0 saturated carbocycles. The molecule has 8 heteroatoms. The van der Waals surface area contributed by atoms with Gasteiger partial charge in [-0.25, -0.2) is 5.43 Å². The van der Waals surface area contributed by atoms with E-state index in [2.05, 4.69) is 15.8 Å². The van der Waals surface area contributed by atoms with Crippen LogP contribution in [0.1, 0.15) is 28.4 Å². The molecule has 0 bridgehead atoms. The quantitative estimate of drug-likeness (QED) is 0.385. The van der Waals surface area contributed by atoms with Crippen LogP contribution in [0.2, 0.25) is 5.02 Å². The Kier molecular flexibility index (Phi) is 7.83. The number of carbonyl (C=O) groups is 2. The van der Waals surface area contributed by atoms with Gasteiger partial charge in [0.25, 0.3) is 5.91 Å². The summed E-state index contributed by atoms with van der Waals surface area (Å²) in [6, 6.07) is 19.6. The lowest BCUT2D eigenvalue weighted by Crippen LogP contribution is -2.17. The monoisotopic (exact) mass is 451 g/mol. The molecule has 0 aliphatic rings. The van der Waals surface area contributed by atoms with Gasteiger partial charge in [-0.1, -0.05) is 41.9 Å². The predicted molar refractivity (Wildman–Crippen MR) is 125 cm³/mol. The second kappa shape index (κ2) is 11.0. The highest BCUT2D eigenvalue weighted by atomic mass is 35.5. The molecule has 0 aliphatic heterocycles. The van der Waals surface area contributed by atoms with Gasteiger partial charge in [-0.15, -0.1) is 0 Å². The topological polar surface area (TPSA) is 89.0 Å². The molecule has 3 rings (SSSR count). The van der Waals surface area contributed by atoms with Crippen LogP contribution >= 0.6 is 11.6 Å². The Balaban J connectivity index is 1.64. The highest BCUT2D eigenvalue weighted by Gasteiger charge is 2.12. The van der Waals surface area contributed by atoms with Crippen LogP contribution in [-0.2, 0) is 11.4 Å². The molecule has 0 aliphatic carbocycles. The van der Waals surface area contributed by atoms with Gasteiger partial charge in [-0.05, 0) is 47.5 Å². The summed E-state index contributed by atoms with van der Waals surface area (Å²) in [5.41, 5.74) is 5.09. The van der Waals surface area contributed by atoms with Crippen LogP contribution in [0.3, 0.4) is 0 Å². The van der Waals surface area contributed by atoms with Gasteiger partial charge in [0, 0.05) is 18.2 Å². The minimum atomic E-state index is -0.392. The second-order valence-corrected chi connectivity index (χ2v) is 7.17. The molecule has 164 valence electrons. The van der Waals surface area contributed by atoms with Crippen LogP contribution in [0.15, 0.2) is 71.8 Å². The number of carbonyl (C=O) groups excluding carboxylic acids is 2. The lowest BCUT2D eigenvalue weighted by Gasteiger charge is -2.13. The van der Waals surface area contributed by atoms with Gasteiger partial charge in [0.1, 0.15) is 6.61 Å². The van der Waals surface area contributed by atoms with Gasteiger partial charge in [0.15, 0.2) is 11.5 Å². The zero-order chi connectivity index (χ0) is 22.9. The molecule has 0 saturated heterocycles. The number of benzene rings is 3. The molecule has 0 heterocycles. The smallest absolute Gasteiger partial charge is 0.271 e. The van der Waals surface area contributed by atoms with Gasteiger partial charge >= 0.3 is 0 Å². The Bertz CT molecular complexity index is 1120. The van der Waals surface area contributed by atoms with Crippen LogP contribution in [0.25, 0.3) is 0 Å². The van der Waals surface area contributed by atoms with Gasteiger partial charge in [0.2, 0.25) is 5.91 Å². The SMILES string of the molecule is COc1cc(/C=N\NC(=O)c2ccc(NC(C)=O)cc2)cc(Cl)c1OCc1ccccc1. The van der Waals surface area contributed by atoms with Gasteiger partial charge in [-0.3, -0.25) is 9.59 Å². The number of amides is 2. The second-order valence-electron chi connectivity index (χ2n) is 6.77. The average Bonchev–Trinajstić information content (AvgIpc) is 2.78. The molecular weight excluding hydrogens is 430 g/mol. The van der Waals surface area contributed by atoms with E-state index in [4.69, 9.17) is 21.1 Å². The first kappa shape index (κ1) is 22.8. The molecule has 0 fully saturated rings. The molecule has 0 spiro atoms. The fraction of sp³-hybridized carbons (Fsp3) is 0.125. The summed E-state index contributed by atoms with van der Waals surface area (Å²) >= 11 is 6.38. The number of hydrogen-bond acceptors (Lipinski definition) is 5. The van der Waals surface area contributed by atoms with Crippen molar-refractivity contribution in [3.8, 4) is 11.5 Å². The number of anilines is 1. The van der Waals surface area contributed by atoms with E-state index >= 15 is 0 Å². The molecule has 3 aromatic rings. The van der Waals surface area contributed by atoms with Crippen molar-refractivity contribution in [1.29, 1.82) is 0 Å². The molecule has 2 N–H and O–H groups in total. The summed E-state index contributed by atoms with van der Waals surface area (Å²) in [5, 5.41) is 6.98. The fourth-order valence-corrected chi connectivity index (χ4v) is 3.10. The first-order chi connectivity index (χ1) is 15.5. The number of methoxy groups -OCH3 is 1. The Morgan fingerprint density at radius 1 is 1.06 bits per heavy atom. The molecule has 32 heavy (non-hydrogen) atoms. The Morgan fingerprint density at radius 3 is 2.44 bits per heavy atom.